The van der Waals surface area contributed by atoms with Crippen LogP contribution in [-0.2, 0) is 27.2 Å². The molecule has 0 saturated heterocycles. The molecule has 2 aromatic carbocycles. The third-order valence-corrected chi connectivity index (χ3v) is 4.94. The molecule has 0 spiro atoms. The number of benzene rings is 2. The van der Waals surface area contributed by atoms with Crippen LogP contribution in [0.25, 0.3) is 0 Å². The number of Topliss-reactive ketones (excluding diaryl/α,β-unsaturated/α-hetero) is 1. The number of nitrogens with one attached hydrogen (secondary N) is 1. The molecule has 0 aliphatic heterocycles. The molecule has 0 radical (unpaired) electrons. The Labute approximate surface area is 213 Å². The van der Waals surface area contributed by atoms with E-state index in [1.807, 2.05) is 42.5 Å². The van der Waals surface area contributed by atoms with Crippen LogP contribution in [-0.4, -0.2) is 48.1 Å². The minimum atomic E-state index is -5.08. The van der Waals surface area contributed by atoms with Crippen LogP contribution in [0.5, 0.6) is 5.75 Å². The van der Waals surface area contributed by atoms with E-state index in [2.05, 4.69) is 24.2 Å². The van der Waals surface area contributed by atoms with E-state index in [1.165, 1.54) is 0 Å². The normalized spacial score (nSPS) is 12.2. The number of carboxylic acids is 1. The molecule has 37 heavy (non-hydrogen) atoms. The summed E-state index contributed by atoms with van der Waals surface area (Å²) in [4.78, 5) is 38.3. The Morgan fingerprint density at radius 3 is 2.08 bits per heavy atom. The number of nitrogens with two attached hydrogens (primary N) is 1. The number of aliphatic carboxylic acids is 1. The van der Waals surface area contributed by atoms with Gasteiger partial charge < -0.3 is 15.6 Å². The zero-order chi connectivity index (χ0) is 28.0. The highest BCUT2D eigenvalue weighted by Gasteiger charge is 2.38. The molecule has 0 saturated carbocycles. The number of guanidine groups is 1. The van der Waals surface area contributed by atoms with E-state index in [1.54, 1.807) is 19.2 Å². The van der Waals surface area contributed by atoms with Crippen LogP contribution in [0.1, 0.15) is 37.8 Å². The number of carboxylic acid groups (broad SMARTS) is 1. The van der Waals surface area contributed by atoms with Gasteiger partial charge in [0, 0.05) is 12.8 Å². The van der Waals surface area contributed by atoms with E-state index in [4.69, 9.17) is 20.4 Å². The second-order valence-electron chi connectivity index (χ2n) is 8.49. The van der Waals surface area contributed by atoms with E-state index in [0.29, 0.717) is 18.8 Å². The fraction of sp³-hybridized carbons (Fsp3) is 0.385. The van der Waals surface area contributed by atoms with Gasteiger partial charge in [0.15, 0.2) is 11.7 Å². The first kappa shape index (κ1) is 31.1. The van der Waals surface area contributed by atoms with Crippen molar-refractivity contribution >= 4 is 23.6 Å². The number of amides is 1. The molecule has 0 unspecified atom stereocenters. The van der Waals surface area contributed by atoms with Gasteiger partial charge in [0.1, 0.15) is 11.8 Å². The zero-order valence-corrected chi connectivity index (χ0v) is 20.9. The number of halogens is 3. The summed E-state index contributed by atoms with van der Waals surface area (Å²) in [7, 11) is 1.59. The molecule has 8 nitrogen and oxygen atoms in total. The van der Waals surface area contributed by atoms with Crippen molar-refractivity contribution in [2.24, 2.45) is 16.6 Å². The van der Waals surface area contributed by atoms with Crippen molar-refractivity contribution < 1.29 is 37.4 Å². The largest absolute Gasteiger partial charge is 0.497 e. The topological polar surface area (TPSA) is 131 Å². The van der Waals surface area contributed by atoms with E-state index < -0.39 is 18.2 Å². The number of hydrogen-bond donors (Lipinski definition) is 3. The predicted octanol–water partition coefficient (Wildman–Crippen LogP) is 3.92. The smallest absolute Gasteiger partial charge is 0.490 e. The maximum absolute atomic E-state index is 12.7. The fourth-order valence-corrected chi connectivity index (χ4v) is 2.98. The number of aliphatic imine (C=N–C) groups is 1. The Bertz CT molecular complexity index is 1040. The van der Waals surface area contributed by atoms with Gasteiger partial charge in [0.05, 0.1) is 13.5 Å². The molecule has 0 bridgehead atoms. The van der Waals surface area contributed by atoms with Crippen molar-refractivity contribution in [2.75, 3.05) is 7.11 Å². The molecule has 1 atom stereocenters. The first-order chi connectivity index (χ1) is 17.3. The Balaban J connectivity index is 0.000000856. The minimum Gasteiger partial charge on any atom is -0.497 e. The van der Waals surface area contributed by atoms with Gasteiger partial charge in [-0.05, 0) is 35.6 Å². The molecular formula is C26H32F3N3O5. The van der Waals surface area contributed by atoms with Crippen LogP contribution < -0.4 is 15.8 Å². The van der Waals surface area contributed by atoms with Crippen LogP contribution in [0, 0.1) is 5.92 Å². The summed E-state index contributed by atoms with van der Waals surface area (Å²) in [6.07, 6.45) is -3.24. The molecule has 0 heterocycles. The van der Waals surface area contributed by atoms with Gasteiger partial charge in [-0.3, -0.25) is 14.9 Å². The van der Waals surface area contributed by atoms with E-state index in [-0.39, 0.29) is 24.1 Å². The lowest BCUT2D eigenvalue weighted by molar-refractivity contribution is -0.192. The lowest BCUT2D eigenvalue weighted by Crippen LogP contribution is -2.39. The van der Waals surface area contributed by atoms with Gasteiger partial charge in [-0.25, -0.2) is 9.79 Å². The lowest BCUT2D eigenvalue weighted by Gasteiger charge is -2.14. The van der Waals surface area contributed by atoms with Crippen molar-refractivity contribution in [1.29, 1.82) is 0 Å². The Hall–Kier alpha value is -3.89. The number of carbonyl (C=O) groups is 3. The standard InChI is InChI=1S/C24H31N3O3.C2HF3O2/c1-17(2)9-14-22(28)21(15-18-7-5-4-6-8-18)26-24(25)27-23(29)16-19-10-12-20(30-3)13-11-19;3-2(4,5)1(6)7/h4-8,10-13,17,21H,9,14-16H2,1-3H3,(H3,25,26,27,29);(H,6,7)/t21-;/m1./s1. The SMILES string of the molecule is COc1ccc(CC(=O)NC(N)=N[C@H](Cc2ccccc2)C(=O)CCC(C)C)cc1.O=C(O)C(F)(F)F. The number of methoxy groups -OCH3 is 1. The summed E-state index contributed by atoms with van der Waals surface area (Å²) in [5, 5.41) is 9.72. The number of carbonyl (C=O) groups excluding carboxylic acids is 2. The second kappa shape index (κ2) is 15.3. The summed E-state index contributed by atoms with van der Waals surface area (Å²) >= 11 is 0. The minimum absolute atomic E-state index is 0.0277. The number of ether oxygens (including phenoxy) is 1. The monoisotopic (exact) mass is 523 g/mol. The second-order valence-corrected chi connectivity index (χ2v) is 8.49. The summed E-state index contributed by atoms with van der Waals surface area (Å²) < 4.78 is 36.9. The van der Waals surface area contributed by atoms with Crippen LogP contribution in [0.15, 0.2) is 59.6 Å². The highest BCUT2D eigenvalue weighted by atomic mass is 19.4. The third kappa shape index (κ3) is 13.1. The summed E-state index contributed by atoms with van der Waals surface area (Å²) in [6, 6.07) is 16.3. The van der Waals surface area contributed by atoms with E-state index >= 15 is 0 Å². The first-order valence-electron chi connectivity index (χ1n) is 11.4. The van der Waals surface area contributed by atoms with Crippen LogP contribution >= 0.6 is 0 Å². The van der Waals surface area contributed by atoms with Crippen molar-refractivity contribution in [3.63, 3.8) is 0 Å². The number of hydrogen-bond acceptors (Lipinski definition) is 5. The van der Waals surface area contributed by atoms with Crippen LogP contribution in [0.3, 0.4) is 0 Å². The predicted molar refractivity (Wildman–Crippen MR) is 133 cm³/mol. The summed E-state index contributed by atoms with van der Waals surface area (Å²) in [6.45, 7) is 4.16. The number of alkyl halides is 3. The summed E-state index contributed by atoms with van der Waals surface area (Å²) in [5.41, 5.74) is 7.80. The van der Waals surface area contributed by atoms with Gasteiger partial charge >= 0.3 is 12.1 Å². The maximum atomic E-state index is 12.7. The summed E-state index contributed by atoms with van der Waals surface area (Å²) in [5.74, 6) is -1.89. The Kier molecular flexibility index (Phi) is 12.9. The molecule has 0 aliphatic rings. The molecule has 0 aromatic heterocycles. The number of ketones is 1. The van der Waals surface area contributed by atoms with Crippen molar-refractivity contribution in [1.82, 2.24) is 5.32 Å². The highest BCUT2D eigenvalue weighted by molar-refractivity contribution is 5.98. The van der Waals surface area contributed by atoms with Crippen molar-refractivity contribution in [3.8, 4) is 5.75 Å². The molecule has 0 fully saturated rings. The average molecular weight is 524 g/mol. The molecule has 1 amide bonds. The van der Waals surface area contributed by atoms with Gasteiger partial charge in [-0.1, -0.05) is 56.3 Å². The first-order valence-corrected chi connectivity index (χ1v) is 11.4. The van der Waals surface area contributed by atoms with Gasteiger partial charge in [0.2, 0.25) is 5.91 Å². The Morgan fingerprint density at radius 2 is 1.59 bits per heavy atom. The van der Waals surface area contributed by atoms with Gasteiger partial charge in [-0.15, -0.1) is 0 Å². The van der Waals surface area contributed by atoms with Gasteiger partial charge in [-0.2, -0.15) is 13.2 Å². The molecule has 11 heteroatoms. The average Bonchev–Trinajstić information content (AvgIpc) is 2.83. The van der Waals surface area contributed by atoms with E-state index in [9.17, 15) is 22.8 Å². The highest BCUT2D eigenvalue weighted by Crippen LogP contribution is 2.14. The Morgan fingerprint density at radius 1 is 1.03 bits per heavy atom. The number of rotatable bonds is 10. The van der Waals surface area contributed by atoms with Gasteiger partial charge in [0.25, 0.3) is 0 Å². The third-order valence-electron chi connectivity index (χ3n) is 4.94. The molecule has 0 aliphatic carbocycles. The fourth-order valence-electron chi connectivity index (χ4n) is 2.98. The lowest BCUT2D eigenvalue weighted by atomic mass is 9.97. The molecular weight excluding hydrogens is 491 g/mol. The van der Waals surface area contributed by atoms with Crippen molar-refractivity contribution in [3.05, 3.63) is 65.7 Å². The number of nitrogens with zero attached hydrogens (tertiary/aromatic N) is 1. The molecule has 2 aromatic rings. The van der Waals surface area contributed by atoms with Crippen LogP contribution in [0.4, 0.5) is 13.2 Å². The molecule has 202 valence electrons. The maximum Gasteiger partial charge on any atom is 0.490 e. The molecule has 4 N–H and O–H groups in total. The zero-order valence-electron chi connectivity index (χ0n) is 20.9. The van der Waals surface area contributed by atoms with Crippen LogP contribution in [0.2, 0.25) is 0 Å². The quantitative estimate of drug-likeness (QED) is 0.320. The van der Waals surface area contributed by atoms with E-state index in [0.717, 1.165) is 23.3 Å². The van der Waals surface area contributed by atoms with Crippen molar-refractivity contribution in [2.45, 2.75) is 51.7 Å². The molecule has 2 rings (SSSR count).